The molecule has 0 fully saturated rings. The normalized spacial score (nSPS) is 11.4. The van der Waals surface area contributed by atoms with Gasteiger partial charge in [0.15, 0.2) is 5.65 Å². The summed E-state index contributed by atoms with van der Waals surface area (Å²) < 4.78 is 30.4. The number of benzene rings is 1. The molecule has 1 aromatic carbocycles. The van der Waals surface area contributed by atoms with Gasteiger partial charge in [-0.05, 0) is 30.2 Å². The molecule has 148 valence electrons. The third-order valence-corrected chi connectivity index (χ3v) is 5.15. The molecule has 0 saturated heterocycles. The Hall–Kier alpha value is -3.07. The number of nitrogens with zero attached hydrogens (tertiary/aromatic N) is 3. The Balaban J connectivity index is 1.85. The molecule has 0 radical (unpaired) electrons. The molecule has 0 spiro atoms. The summed E-state index contributed by atoms with van der Waals surface area (Å²) in [5.41, 5.74) is 1.48. The third-order valence-electron chi connectivity index (χ3n) is 4.14. The second-order valence-electron chi connectivity index (χ2n) is 6.20. The quantitative estimate of drug-likeness (QED) is 0.532. The van der Waals surface area contributed by atoms with Crippen LogP contribution >= 0.6 is 0 Å². The third kappa shape index (κ3) is 4.42. The van der Waals surface area contributed by atoms with Crippen molar-refractivity contribution in [3.63, 3.8) is 0 Å². The van der Waals surface area contributed by atoms with Crippen molar-refractivity contribution in [3.05, 3.63) is 54.7 Å². The van der Waals surface area contributed by atoms with E-state index >= 15 is 0 Å². The van der Waals surface area contributed by atoms with Crippen LogP contribution in [0.3, 0.4) is 0 Å². The number of fused-ring (bicyclic) bond motifs is 1. The van der Waals surface area contributed by atoms with Gasteiger partial charge < -0.3 is 15.4 Å². The molecule has 0 aliphatic carbocycles. The molecular weight excluding hydrogens is 378 g/mol. The van der Waals surface area contributed by atoms with Gasteiger partial charge in [-0.15, -0.1) is 6.58 Å². The zero-order chi connectivity index (χ0) is 20.1. The van der Waals surface area contributed by atoms with Crippen LogP contribution < -0.4 is 15.4 Å². The highest BCUT2D eigenvalue weighted by atomic mass is 32.2. The van der Waals surface area contributed by atoms with E-state index in [1.807, 2.05) is 24.3 Å². The highest BCUT2D eigenvalue weighted by Gasteiger charge is 2.16. The van der Waals surface area contributed by atoms with Gasteiger partial charge in [0.05, 0.1) is 18.8 Å². The topological polar surface area (TPSA) is 98.1 Å². The smallest absolute Gasteiger partial charge is 0.237 e. The van der Waals surface area contributed by atoms with Crippen molar-refractivity contribution >= 4 is 32.8 Å². The van der Waals surface area contributed by atoms with Gasteiger partial charge in [-0.2, -0.15) is 9.97 Å². The molecule has 0 saturated carbocycles. The molecule has 2 heterocycles. The zero-order valence-corrected chi connectivity index (χ0v) is 16.7. The van der Waals surface area contributed by atoms with Crippen LogP contribution in [0, 0.1) is 0 Å². The number of hydrogen-bond donors (Lipinski definition) is 2. The minimum atomic E-state index is -3.47. The van der Waals surface area contributed by atoms with Gasteiger partial charge in [-0.3, -0.25) is 0 Å². The number of nitrogens with one attached hydrogen (secondary N) is 2. The summed E-state index contributed by atoms with van der Waals surface area (Å²) in [7, 11) is -1.83. The maximum absolute atomic E-state index is 12.0. The number of anilines is 2. The molecule has 0 aliphatic heterocycles. The van der Waals surface area contributed by atoms with E-state index in [4.69, 9.17) is 4.74 Å². The van der Waals surface area contributed by atoms with Gasteiger partial charge in [0, 0.05) is 19.3 Å². The maximum Gasteiger partial charge on any atom is 0.237 e. The number of aromatic nitrogens is 3. The lowest BCUT2D eigenvalue weighted by Crippen LogP contribution is -2.13. The Morgan fingerprint density at radius 2 is 1.93 bits per heavy atom. The number of hydrogen-bond acceptors (Lipinski definition) is 7. The van der Waals surface area contributed by atoms with Crippen LogP contribution in [-0.2, 0) is 16.4 Å². The summed E-state index contributed by atoms with van der Waals surface area (Å²) in [4.78, 5) is 8.83. The second-order valence-corrected chi connectivity index (χ2v) is 8.06. The van der Waals surface area contributed by atoms with Crippen molar-refractivity contribution in [2.75, 3.05) is 37.1 Å². The number of rotatable bonds is 9. The molecule has 9 heteroatoms. The average Bonchev–Trinajstić information content (AvgIpc) is 3.11. The van der Waals surface area contributed by atoms with Crippen molar-refractivity contribution in [3.8, 4) is 5.75 Å². The fourth-order valence-corrected chi connectivity index (χ4v) is 3.49. The van der Waals surface area contributed by atoms with Gasteiger partial charge in [-0.25, -0.2) is 12.4 Å². The molecule has 3 aromatic rings. The highest BCUT2D eigenvalue weighted by Crippen LogP contribution is 2.24. The van der Waals surface area contributed by atoms with Crippen molar-refractivity contribution in [2.45, 2.75) is 6.42 Å². The van der Waals surface area contributed by atoms with Gasteiger partial charge >= 0.3 is 0 Å². The summed E-state index contributed by atoms with van der Waals surface area (Å²) in [6.07, 6.45) is 5.08. The van der Waals surface area contributed by atoms with Gasteiger partial charge in [0.2, 0.25) is 16.0 Å². The first kappa shape index (κ1) is 19.7. The van der Waals surface area contributed by atoms with Crippen LogP contribution in [0.2, 0.25) is 0 Å². The Labute approximate surface area is 164 Å². The highest BCUT2D eigenvalue weighted by molar-refractivity contribution is 7.89. The summed E-state index contributed by atoms with van der Waals surface area (Å²) in [6.45, 7) is 4.76. The molecule has 0 bridgehead atoms. The predicted octanol–water partition coefficient (Wildman–Crippen LogP) is 2.50. The molecular formula is C19H23N5O3S. The Bertz CT molecular complexity index is 1070. The lowest BCUT2D eigenvalue weighted by atomic mass is 10.1. The lowest BCUT2D eigenvalue weighted by molar-refractivity contribution is 0.414. The largest absolute Gasteiger partial charge is 0.497 e. The van der Waals surface area contributed by atoms with E-state index in [1.54, 1.807) is 19.3 Å². The van der Waals surface area contributed by atoms with E-state index in [-0.39, 0.29) is 0 Å². The molecule has 2 N–H and O–H groups in total. The summed E-state index contributed by atoms with van der Waals surface area (Å²) >= 11 is 0. The van der Waals surface area contributed by atoms with E-state index in [0.29, 0.717) is 35.9 Å². The van der Waals surface area contributed by atoms with Crippen LogP contribution in [0.4, 0.5) is 11.8 Å². The first-order valence-electron chi connectivity index (χ1n) is 8.73. The monoisotopic (exact) mass is 401 g/mol. The van der Waals surface area contributed by atoms with E-state index in [0.717, 1.165) is 28.0 Å². The van der Waals surface area contributed by atoms with E-state index in [2.05, 4.69) is 27.2 Å². The zero-order valence-electron chi connectivity index (χ0n) is 15.8. The minimum absolute atomic E-state index is 0.330. The molecule has 2 aromatic heterocycles. The van der Waals surface area contributed by atoms with Crippen LogP contribution in [0.25, 0.3) is 11.0 Å². The maximum atomic E-state index is 12.0. The fourth-order valence-electron chi connectivity index (χ4n) is 2.75. The predicted molar refractivity (Wildman–Crippen MR) is 112 cm³/mol. The van der Waals surface area contributed by atoms with Crippen LogP contribution in [0.5, 0.6) is 5.75 Å². The van der Waals surface area contributed by atoms with Gasteiger partial charge in [0.1, 0.15) is 11.6 Å². The minimum Gasteiger partial charge on any atom is -0.497 e. The molecule has 8 nitrogen and oxygen atoms in total. The Morgan fingerprint density at radius 1 is 1.18 bits per heavy atom. The summed E-state index contributed by atoms with van der Waals surface area (Å²) in [6, 6.07) is 9.55. The SMILES string of the molecule is C=CCNc1nc(NCCc2ccc(OC)cc2)c2ccn(S(C)(=O)=O)c2n1. The first-order chi connectivity index (χ1) is 13.4. The van der Waals surface area contributed by atoms with E-state index in [1.165, 1.54) is 6.20 Å². The molecule has 28 heavy (non-hydrogen) atoms. The molecule has 0 atom stereocenters. The fraction of sp³-hybridized carbons (Fsp3) is 0.263. The van der Waals surface area contributed by atoms with Gasteiger partial charge in [0.25, 0.3) is 0 Å². The Kier molecular flexibility index (Phi) is 5.84. The Morgan fingerprint density at radius 3 is 2.57 bits per heavy atom. The van der Waals surface area contributed by atoms with Crippen molar-refractivity contribution in [2.24, 2.45) is 0 Å². The van der Waals surface area contributed by atoms with Gasteiger partial charge in [-0.1, -0.05) is 18.2 Å². The van der Waals surface area contributed by atoms with Crippen LogP contribution in [0.1, 0.15) is 5.56 Å². The van der Waals surface area contributed by atoms with E-state index < -0.39 is 10.0 Å². The van der Waals surface area contributed by atoms with E-state index in [9.17, 15) is 8.42 Å². The first-order valence-corrected chi connectivity index (χ1v) is 10.6. The molecule has 0 aliphatic rings. The van der Waals surface area contributed by atoms with Crippen molar-refractivity contribution in [1.82, 2.24) is 13.9 Å². The average molecular weight is 401 g/mol. The second kappa shape index (κ2) is 8.30. The number of methoxy groups -OCH3 is 1. The van der Waals surface area contributed by atoms with Crippen LogP contribution in [0.15, 0.2) is 49.2 Å². The summed E-state index contributed by atoms with van der Waals surface area (Å²) in [5.74, 6) is 1.73. The van der Waals surface area contributed by atoms with Crippen molar-refractivity contribution < 1.29 is 13.2 Å². The van der Waals surface area contributed by atoms with Crippen LogP contribution in [-0.4, -0.2) is 48.8 Å². The molecule has 3 rings (SSSR count). The molecule has 0 amide bonds. The summed E-state index contributed by atoms with van der Waals surface area (Å²) in [5, 5.41) is 6.95. The standard InChI is InChI=1S/C19H23N5O3S/c1-4-11-21-19-22-17(16-10-13-24(18(16)23-19)28(3,25)26)20-12-9-14-5-7-15(27-2)8-6-14/h4-8,10,13H,1,9,11-12H2,2-3H3,(H2,20,21,22,23). The lowest BCUT2D eigenvalue weighted by Gasteiger charge is -2.11. The van der Waals surface area contributed by atoms with Crippen molar-refractivity contribution in [1.29, 1.82) is 0 Å². The number of ether oxygens (including phenoxy) is 1. The molecule has 0 unspecified atom stereocenters.